The number of carbonyl (C=O) groups is 2. The van der Waals surface area contributed by atoms with Crippen molar-refractivity contribution in [1.82, 2.24) is 10.3 Å². The summed E-state index contributed by atoms with van der Waals surface area (Å²) in [6.45, 7) is 7.01. The SMILES string of the molecule is Cc1noc(C)c1COC(=O)C=CC(=O)OCc1c(C)noc1C. The van der Waals surface area contributed by atoms with Gasteiger partial charge in [0.2, 0.25) is 0 Å². The van der Waals surface area contributed by atoms with Crippen LogP contribution in [0.25, 0.3) is 0 Å². The first-order chi connectivity index (χ1) is 11.4. The fraction of sp³-hybridized carbons (Fsp3) is 0.375. The molecule has 0 saturated heterocycles. The van der Waals surface area contributed by atoms with Crippen molar-refractivity contribution in [3.05, 3.63) is 46.2 Å². The maximum absolute atomic E-state index is 11.6. The number of esters is 2. The molecule has 0 spiro atoms. The van der Waals surface area contributed by atoms with Gasteiger partial charge in [0.1, 0.15) is 24.7 Å². The lowest BCUT2D eigenvalue weighted by molar-refractivity contribution is -0.141. The molecule has 0 aromatic carbocycles. The van der Waals surface area contributed by atoms with E-state index in [1.807, 2.05) is 0 Å². The fourth-order valence-corrected chi connectivity index (χ4v) is 1.93. The molecule has 2 aromatic heterocycles. The Morgan fingerprint density at radius 3 is 1.50 bits per heavy atom. The Balaban J connectivity index is 1.80. The van der Waals surface area contributed by atoms with Gasteiger partial charge in [0, 0.05) is 12.2 Å². The first kappa shape index (κ1) is 17.5. The third-order valence-electron chi connectivity index (χ3n) is 3.44. The van der Waals surface area contributed by atoms with E-state index in [1.54, 1.807) is 27.7 Å². The van der Waals surface area contributed by atoms with Gasteiger partial charge in [-0.05, 0) is 27.7 Å². The first-order valence-corrected chi connectivity index (χ1v) is 7.23. The van der Waals surface area contributed by atoms with Crippen molar-refractivity contribution in [1.29, 1.82) is 0 Å². The Morgan fingerprint density at radius 2 is 1.21 bits per heavy atom. The summed E-state index contributed by atoms with van der Waals surface area (Å²) in [6, 6.07) is 0. The second kappa shape index (κ2) is 7.58. The molecule has 0 fully saturated rings. The van der Waals surface area contributed by atoms with Gasteiger partial charge < -0.3 is 18.5 Å². The summed E-state index contributed by atoms with van der Waals surface area (Å²) in [5.74, 6) is -0.153. The Hall–Kier alpha value is -2.90. The summed E-state index contributed by atoms with van der Waals surface area (Å²) in [7, 11) is 0. The Bertz CT molecular complexity index is 668. The molecule has 0 atom stereocenters. The number of ether oxygens (including phenoxy) is 2. The van der Waals surface area contributed by atoms with Crippen LogP contribution < -0.4 is 0 Å². The maximum Gasteiger partial charge on any atom is 0.331 e. The summed E-state index contributed by atoms with van der Waals surface area (Å²) >= 11 is 0. The van der Waals surface area contributed by atoms with Crippen LogP contribution in [0.3, 0.4) is 0 Å². The van der Waals surface area contributed by atoms with Gasteiger partial charge >= 0.3 is 11.9 Å². The maximum atomic E-state index is 11.6. The highest BCUT2D eigenvalue weighted by Gasteiger charge is 2.12. The zero-order valence-corrected chi connectivity index (χ0v) is 13.9. The topological polar surface area (TPSA) is 105 Å². The molecule has 0 aliphatic heterocycles. The van der Waals surface area contributed by atoms with Crippen molar-refractivity contribution >= 4 is 11.9 Å². The number of hydrogen-bond donors (Lipinski definition) is 0. The normalized spacial score (nSPS) is 11.0. The van der Waals surface area contributed by atoms with Gasteiger partial charge in [-0.2, -0.15) is 0 Å². The predicted molar refractivity (Wildman–Crippen MR) is 80.7 cm³/mol. The van der Waals surface area contributed by atoms with Gasteiger partial charge in [-0.15, -0.1) is 0 Å². The zero-order valence-electron chi connectivity index (χ0n) is 13.9. The summed E-state index contributed by atoms with van der Waals surface area (Å²) in [4.78, 5) is 23.2. The number of hydrogen-bond acceptors (Lipinski definition) is 8. The van der Waals surface area contributed by atoms with Crippen molar-refractivity contribution in [2.75, 3.05) is 0 Å². The van der Waals surface area contributed by atoms with E-state index in [2.05, 4.69) is 10.3 Å². The van der Waals surface area contributed by atoms with Crippen LogP contribution in [0.1, 0.15) is 34.0 Å². The van der Waals surface area contributed by atoms with Crippen molar-refractivity contribution in [2.45, 2.75) is 40.9 Å². The number of aryl methyl sites for hydroxylation is 4. The molecular formula is C16H18N2O6. The Labute approximate surface area is 138 Å². The van der Waals surface area contributed by atoms with Crippen LogP contribution in [0.2, 0.25) is 0 Å². The minimum absolute atomic E-state index is 0.0263. The van der Waals surface area contributed by atoms with E-state index >= 15 is 0 Å². The van der Waals surface area contributed by atoms with Crippen molar-refractivity contribution < 1.29 is 28.1 Å². The molecular weight excluding hydrogens is 316 g/mol. The molecule has 128 valence electrons. The van der Waals surface area contributed by atoms with Gasteiger partial charge in [0.05, 0.1) is 22.5 Å². The van der Waals surface area contributed by atoms with Gasteiger partial charge in [-0.3, -0.25) is 0 Å². The number of aromatic nitrogens is 2. The molecule has 0 N–H and O–H groups in total. The monoisotopic (exact) mass is 334 g/mol. The van der Waals surface area contributed by atoms with Crippen LogP contribution in [0, 0.1) is 27.7 Å². The molecule has 8 heteroatoms. The first-order valence-electron chi connectivity index (χ1n) is 7.23. The molecule has 0 aliphatic carbocycles. The minimum Gasteiger partial charge on any atom is -0.457 e. The van der Waals surface area contributed by atoms with E-state index in [1.165, 1.54) is 0 Å². The molecule has 0 aliphatic rings. The molecule has 8 nitrogen and oxygen atoms in total. The predicted octanol–water partition coefficient (Wildman–Crippen LogP) is 2.24. The van der Waals surface area contributed by atoms with Crippen molar-refractivity contribution in [3.8, 4) is 0 Å². The lowest BCUT2D eigenvalue weighted by atomic mass is 10.2. The molecule has 2 rings (SSSR count). The van der Waals surface area contributed by atoms with E-state index in [-0.39, 0.29) is 13.2 Å². The van der Waals surface area contributed by atoms with E-state index in [0.29, 0.717) is 34.0 Å². The van der Waals surface area contributed by atoms with E-state index in [9.17, 15) is 9.59 Å². The largest absolute Gasteiger partial charge is 0.457 e. The highest BCUT2D eigenvalue weighted by Crippen LogP contribution is 2.14. The van der Waals surface area contributed by atoms with Crippen molar-refractivity contribution in [2.24, 2.45) is 0 Å². The quantitative estimate of drug-likeness (QED) is 0.585. The summed E-state index contributed by atoms with van der Waals surface area (Å²) in [6.07, 6.45) is 2.02. The van der Waals surface area contributed by atoms with Crippen LogP contribution in [-0.4, -0.2) is 22.3 Å². The van der Waals surface area contributed by atoms with Gasteiger partial charge in [0.15, 0.2) is 0 Å². The number of carbonyl (C=O) groups excluding carboxylic acids is 2. The molecule has 0 saturated carbocycles. The summed E-state index contributed by atoms with van der Waals surface area (Å²) in [5, 5.41) is 7.52. The second-order valence-corrected chi connectivity index (χ2v) is 5.15. The van der Waals surface area contributed by atoms with E-state index < -0.39 is 11.9 Å². The fourth-order valence-electron chi connectivity index (χ4n) is 1.93. The van der Waals surface area contributed by atoms with E-state index in [0.717, 1.165) is 12.2 Å². The van der Waals surface area contributed by atoms with Crippen LogP contribution in [0.15, 0.2) is 21.2 Å². The molecule has 2 heterocycles. The lowest BCUT2D eigenvalue weighted by Crippen LogP contribution is -2.06. The standard InChI is InChI=1S/C16H18N2O6/c1-9-13(11(3)23-17-9)7-21-15(19)5-6-16(20)22-8-14-10(2)18-24-12(14)4/h5-6H,7-8H2,1-4H3. The molecule has 2 aromatic rings. The highest BCUT2D eigenvalue weighted by atomic mass is 16.5. The number of nitrogens with zero attached hydrogens (tertiary/aromatic N) is 2. The molecule has 24 heavy (non-hydrogen) atoms. The Kier molecular flexibility index (Phi) is 5.51. The molecule has 0 unspecified atom stereocenters. The summed E-state index contributed by atoms with van der Waals surface area (Å²) in [5.41, 5.74) is 2.72. The highest BCUT2D eigenvalue weighted by molar-refractivity contribution is 5.91. The van der Waals surface area contributed by atoms with Crippen LogP contribution in [0.4, 0.5) is 0 Å². The smallest absolute Gasteiger partial charge is 0.331 e. The lowest BCUT2D eigenvalue weighted by Gasteiger charge is -2.02. The van der Waals surface area contributed by atoms with Gasteiger partial charge in [-0.25, -0.2) is 9.59 Å². The molecule has 0 bridgehead atoms. The van der Waals surface area contributed by atoms with Crippen molar-refractivity contribution in [3.63, 3.8) is 0 Å². The average molecular weight is 334 g/mol. The molecule has 0 radical (unpaired) electrons. The minimum atomic E-state index is -0.663. The summed E-state index contributed by atoms with van der Waals surface area (Å²) < 4.78 is 20.0. The third-order valence-corrected chi connectivity index (χ3v) is 3.44. The van der Waals surface area contributed by atoms with E-state index in [4.69, 9.17) is 18.5 Å². The molecule has 0 amide bonds. The third kappa shape index (κ3) is 4.31. The second-order valence-electron chi connectivity index (χ2n) is 5.15. The Morgan fingerprint density at radius 1 is 0.833 bits per heavy atom. The average Bonchev–Trinajstić information content (AvgIpc) is 3.03. The van der Waals surface area contributed by atoms with Crippen LogP contribution in [0.5, 0.6) is 0 Å². The van der Waals surface area contributed by atoms with Crippen LogP contribution in [-0.2, 0) is 32.3 Å². The number of rotatable bonds is 6. The van der Waals surface area contributed by atoms with Crippen LogP contribution >= 0.6 is 0 Å². The van der Waals surface area contributed by atoms with Gasteiger partial charge in [-0.1, -0.05) is 10.3 Å². The van der Waals surface area contributed by atoms with Gasteiger partial charge in [0.25, 0.3) is 0 Å². The zero-order chi connectivity index (χ0) is 17.7.